The Morgan fingerprint density at radius 2 is 2.18 bits per heavy atom. The van der Waals surface area contributed by atoms with E-state index in [9.17, 15) is 9.90 Å². The van der Waals surface area contributed by atoms with Crippen LogP contribution in [0.3, 0.4) is 0 Å². The van der Waals surface area contributed by atoms with E-state index in [0.717, 1.165) is 0 Å². The van der Waals surface area contributed by atoms with E-state index in [1.165, 1.54) is 7.11 Å². The minimum Gasteiger partial charge on any atom is -0.497 e. The third-order valence-electron chi connectivity index (χ3n) is 2.40. The van der Waals surface area contributed by atoms with Gasteiger partial charge in [-0.2, -0.15) is 0 Å². The van der Waals surface area contributed by atoms with Crippen LogP contribution in [0, 0.1) is 6.92 Å². The number of carbonyl (C=O) groups excluding carboxylic acids is 1. The van der Waals surface area contributed by atoms with E-state index in [0.29, 0.717) is 21.9 Å². The summed E-state index contributed by atoms with van der Waals surface area (Å²) in [5.41, 5.74) is 1.03. The summed E-state index contributed by atoms with van der Waals surface area (Å²) in [5, 5.41) is 10.3. The van der Waals surface area contributed by atoms with E-state index in [-0.39, 0.29) is 6.61 Å². The zero-order valence-electron chi connectivity index (χ0n) is 9.99. The molecule has 0 fully saturated rings. The highest BCUT2D eigenvalue weighted by Crippen LogP contribution is 2.30. The number of ether oxygens (including phenoxy) is 2. The topological polar surface area (TPSA) is 55.8 Å². The van der Waals surface area contributed by atoms with Crippen molar-refractivity contribution in [1.82, 2.24) is 0 Å². The normalized spacial score (nSPS) is 12.1. The fraction of sp³-hybridized carbons (Fsp3) is 0.417. The van der Waals surface area contributed by atoms with Gasteiger partial charge in [0.25, 0.3) is 0 Å². The van der Waals surface area contributed by atoms with Crippen molar-refractivity contribution in [1.29, 1.82) is 0 Å². The lowest BCUT2D eigenvalue weighted by molar-refractivity contribution is -0.153. The van der Waals surface area contributed by atoms with Crippen molar-refractivity contribution in [2.45, 2.75) is 20.0 Å². The van der Waals surface area contributed by atoms with Gasteiger partial charge < -0.3 is 14.6 Å². The van der Waals surface area contributed by atoms with Crippen molar-refractivity contribution in [3.63, 3.8) is 0 Å². The fourth-order valence-corrected chi connectivity index (χ4v) is 1.64. The molecular formula is C12H15ClO4. The largest absolute Gasteiger partial charge is 0.497 e. The second-order valence-electron chi connectivity index (χ2n) is 3.48. The first-order valence-electron chi connectivity index (χ1n) is 5.20. The number of hydrogen-bond donors (Lipinski definition) is 1. The van der Waals surface area contributed by atoms with Gasteiger partial charge in [0.2, 0.25) is 0 Å². The van der Waals surface area contributed by atoms with Crippen LogP contribution in [0.15, 0.2) is 12.1 Å². The average molecular weight is 259 g/mol. The molecule has 0 heterocycles. The minimum atomic E-state index is -1.34. The third kappa shape index (κ3) is 3.11. The molecule has 1 atom stereocenters. The molecule has 17 heavy (non-hydrogen) atoms. The highest BCUT2D eigenvalue weighted by atomic mass is 35.5. The van der Waals surface area contributed by atoms with Gasteiger partial charge in [0.05, 0.1) is 13.7 Å². The Kier molecular flexibility index (Phi) is 4.78. The van der Waals surface area contributed by atoms with Crippen LogP contribution >= 0.6 is 11.6 Å². The van der Waals surface area contributed by atoms with Gasteiger partial charge in [0, 0.05) is 5.02 Å². The van der Waals surface area contributed by atoms with Crippen LogP contribution in [-0.2, 0) is 9.53 Å². The van der Waals surface area contributed by atoms with Crippen LogP contribution in [0.4, 0.5) is 0 Å². The molecule has 1 unspecified atom stereocenters. The molecule has 0 radical (unpaired) electrons. The van der Waals surface area contributed by atoms with E-state index in [1.807, 2.05) is 0 Å². The van der Waals surface area contributed by atoms with Crippen molar-refractivity contribution in [2.75, 3.05) is 13.7 Å². The third-order valence-corrected chi connectivity index (χ3v) is 2.79. The maximum Gasteiger partial charge on any atom is 0.339 e. The predicted octanol–water partition coefficient (Wildman–Crippen LogP) is 2.25. The first kappa shape index (κ1) is 13.8. The van der Waals surface area contributed by atoms with Gasteiger partial charge in [-0.05, 0) is 37.1 Å². The molecule has 94 valence electrons. The van der Waals surface area contributed by atoms with Crippen molar-refractivity contribution < 1.29 is 19.4 Å². The van der Waals surface area contributed by atoms with Crippen LogP contribution in [-0.4, -0.2) is 24.8 Å². The smallest absolute Gasteiger partial charge is 0.339 e. The number of methoxy groups -OCH3 is 1. The van der Waals surface area contributed by atoms with Crippen molar-refractivity contribution in [3.8, 4) is 5.75 Å². The van der Waals surface area contributed by atoms with E-state index < -0.39 is 12.1 Å². The molecule has 0 saturated heterocycles. The average Bonchev–Trinajstić information content (AvgIpc) is 2.31. The number of carbonyl (C=O) groups is 1. The van der Waals surface area contributed by atoms with Crippen LogP contribution in [0.25, 0.3) is 0 Å². The zero-order chi connectivity index (χ0) is 13.0. The number of esters is 1. The number of benzene rings is 1. The lowest BCUT2D eigenvalue weighted by Gasteiger charge is -2.15. The molecule has 1 rings (SSSR count). The molecule has 0 bridgehead atoms. The number of hydrogen-bond acceptors (Lipinski definition) is 4. The Labute approximate surface area is 105 Å². The molecule has 0 amide bonds. The summed E-state index contributed by atoms with van der Waals surface area (Å²) in [4.78, 5) is 11.5. The Hall–Kier alpha value is -1.26. The number of aliphatic hydroxyl groups is 1. The van der Waals surface area contributed by atoms with Gasteiger partial charge in [-0.15, -0.1) is 0 Å². The molecule has 0 aliphatic heterocycles. The minimum absolute atomic E-state index is 0.215. The summed E-state index contributed by atoms with van der Waals surface area (Å²) >= 11 is 5.98. The van der Waals surface area contributed by atoms with E-state index >= 15 is 0 Å². The molecule has 1 N–H and O–H groups in total. The van der Waals surface area contributed by atoms with Gasteiger partial charge in [-0.25, -0.2) is 4.79 Å². The van der Waals surface area contributed by atoms with Gasteiger partial charge in [0.1, 0.15) is 5.75 Å². The fourth-order valence-electron chi connectivity index (χ4n) is 1.42. The molecule has 5 heteroatoms. The molecule has 1 aromatic carbocycles. The highest BCUT2D eigenvalue weighted by molar-refractivity contribution is 6.31. The SMILES string of the molecule is CCOC(=O)C(O)c1cc(OC)cc(Cl)c1C. The molecule has 0 spiro atoms. The summed E-state index contributed by atoms with van der Waals surface area (Å²) < 4.78 is 9.79. The number of aliphatic hydroxyl groups excluding tert-OH is 1. The van der Waals surface area contributed by atoms with E-state index in [2.05, 4.69) is 0 Å². The van der Waals surface area contributed by atoms with Crippen molar-refractivity contribution >= 4 is 17.6 Å². The van der Waals surface area contributed by atoms with E-state index in [4.69, 9.17) is 21.1 Å². The second-order valence-corrected chi connectivity index (χ2v) is 3.89. The summed E-state index contributed by atoms with van der Waals surface area (Å²) in [6, 6.07) is 3.20. The van der Waals surface area contributed by atoms with Crippen molar-refractivity contribution in [2.24, 2.45) is 0 Å². The predicted molar refractivity (Wildman–Crippen MR) is 64.3 cm³/mol. The lowest BCUT2D eigenvalue weighted by atomic mass is 10.0. The first-order chi connectivity index (χ1) is 8.01. The molecule has 0 aliphatic carbocycles. The maximum absolute atomic E-state index is 11.5. The van der Waals surface area contributed by atoms with Gasteiger partial charge in [-0.3, -0.25) is 0 Å². The Morgan fingerprint density at radius 3 is 2.71 bits per heavy atom. The Bertz CT molecular complexity index is 417. The van der Waals surface area contributed by atoms with Crippen LogP contribution in [0.2, 0.25) is 5.02 Å². The Morgan fingerprint density at radius 1 is 1.53 bits per heavy atom. The molecule has 0 aliphatic rings. The first-order valence-corrected chi connectivity index (χ1v) is 5.57. The summed E-state index contributed by atoms with van der Waals surface area (Å²) in [6.45, 7) is 3.61. The second kappa shape index (κ2) is 5.89. The number of halogens is 1. The maximum atomic E-state index is 11.5. The molecule has 0 saturated carbocycles. The van der Waals surface area contributed by atoms with Crippen molar-refractivity contribution in [3.05, 3.63) is 28.3 Å². The lowest BCUT2D eigenvalue weighted by Crippen LogP contribution is -2.16. The molecule has 1 aromatic rings. The Balaban J connectivity index is 3.11. The molecule has 4 nitrogen and oxygen atoms in total. The summed E-state index contributed by atoms with van der Waals surface area (Å²) in [5.74, 6) is -0.209. The van der Waals surface area contributed by atoms with Gasteiger partial charge in [-0.1, -0.05) is 11.6 Å². The molecule has 0 aromatic heterocycles. The standard InChI is InChI=1S/C12H15ClO4/c1-4-17-12(15)11(14)9-5-8(16-3)6-10(13)7(9)2/h5-6,11,14H,4H2,1-3H3. The van der Waals surface area contributed by atoms with E-state index in [1.54, 1.807) is 26.0 Å². The number of rotatable bonds is 4. The van der Waals surface area contributed by atoms with Gasteiger partial charge in [0.15, 0.2) is 6.10 Å². The molecular weight excluding hydrogens is 244 g/mol. The van der Waals surface area contributed by atoms with Crippen LogP contribution in [0.1, 0.15) is 24.2 Å². The highest BCUT2D eigenvalue weighted by Gasteiger charge is 2.22. The summed E-state index contributed by atoms with van der Waals surface area (Å²) in [7, 11) is 1.49. The monoisotopic (exact) mass is 258 g/mol. The van der Waals surface area contributed by atoms with Gasteiger partial charge >= 0.3 is 5.97 Å². The summed E-state index contributed by atoms with van der Waals surface area (Å²) in [6.07, 6.45) is -1.34. The van der Waals surface area contributed by atoms with Crippen LogP contribution in [0.5, 0.6) is 5.75 Å². The zero-order valence-corrected chi connectivity index (χ0v) is 10.7. The quantitative estimate of drug-likeness (QED) is 0.842. The van der Waals surface area contributed by atoms with Crippen LogP contribution < -0.4 is 4.74 Å².